The van der Waals surface area contributed by atoms with E-state index in [9.17, 15) is 0 Å². The summed E-state index contributed by atoms with van der Waals surface area (Å²) < 4.78 is 5.81. The van der Waals surface area contributed by atoms with E-state index in [1.54, 1.807) is 11.1 Å². The molecule has 0 spiro atoms. The molecular weight excluding hydrogens is 366 g/mol. The van der Waals surface area contributed by atoms with E-state index in [1.807, 2.05) is 7.11 Å². The van der Waals surface area contributed by atoms with Gasteiger partial charge < -0.3 is 10.1 Å². The molecule has 4 atom stereocenters. The molecule has 4 unspecified atom stereocenters. The minimum absolute atomic E-state index is 0.115. The van der Waals surface area contributed by atoms with Gasteiger partial charge in [-0.05, 0) is 53.0 Å². The topological polar surface area (TPSA) is 21.3 Å². The van der Waals surface area contributed by atoms with Crippen LogP contribution in [-0.2, 0) is 24.0 Å². The average Bonchev–Trinajstić information content (AvgIpc) is 3.21. The van der Waals surface area contributed by atoms with Gasteiger partial charge in [-0.1, -0.05) is 78.9 Å². The Hall–Kier alpha value is -2.42. The molecule has 1 saturated heterocycles. The largest absolute Gasteiger partial charge is 0.376 e. The number of nitrogens with one attached hydrogen (secondary N) is 1. The molecule has 30 heavy (non-hydrogen) atoms. The van der Waals surface area contributed by atoms with Gasteiger partial charge in [0.25, 0.3) is 0 Å². The second-order valence-corrected chi connectivity index (χ2v) is 8.89. The Kier molecular flexibility index (Phi) is 5.70. The molecule has 0 aromatic heterocycles. The van der Waals surface area contributed by atoms with Gasteiger partial charge in [0.2, 0.25) is 0 Å². The van der Waals surface area contributed by atoms with Crippen molar-refractivity contribution in [2.24, 2.45) is 5.92 Å². The molecule has 0 bridgehead atoms. The highest BCUT2D eigenvalue weighted by atomic mass is 16.5. The monoisotopic (exact) mass is 397 g/mol. The number of rotatable bonds is 6. The SMILES string of the molecule is COC(Cc1ccc2c(c1)CCC1C(Cc3ccccc3)NCC21)c1ccccc1. The molecule has 3 aromatic carbocycles. The molecule has 2 aliphatic rings. The van der Waals surface area contributed by atoms with E-state index in [0.29, 0.717) is 12.0 Å². The Balaban J connectivity index is 1.31. The van der Waals surface area contributed by atoms with Crippen LogP contribution in [0.5, 0.6) is 0 Å². The van der Waals surface area contributed by atoms with Crippen LogP contribution < -0.4 is 5.32 Å². The Bertz CT molecular complexity index is 968. The third kappa shape index (κ3) is 3.95. The van der Waals surface area contributed by atoms with Crippen molar-refractivity contribution < 1.29 is 4.74 Å². The number of aryl methyl sites for hydroxylation is 1. The zero-order valence-corrected chi connectivity index (χ0v) is 17.8. The maximum absolute atomic E-state index is 5.81. The first-order chi connectivity index (χ1) is 14.8. The van der Waals surface area contributed by atoms with Crippen molar-refractivity contribution in [3.05, 3.63) is 107 Å². The summed E-state index contributed by atoms with van der Waals surface area (Å²) >= 11 is 0. The Morgan fingerprint density at radius 2 is 1.70 bits per heavy atom. The van der Waals surface area contributed by atoms with Gasteiger partial charge in [-0.2, -0.15) is 0 Å². The lowest BCUT2D eigenvalue weighted by atomic mass is 9.73. The molecule has 1 heterocycles. The van der Waals surface area contributed by atoms with Crippen LogP contribution >= 0.6 is 0 Å². The van der Waals surface area contributed by atoms with Gasteiger partial charge in [0.05, 0.1) is 6.10 Å². The molecule has 1 aliphatic heterocycles. The van der Waals surface area contributed by atoms with E-state index in [0.717, 1.165) is 25.3 Å². The van der Waals surface area contributed by atoms with E-state index in [2.05, 4.69) is 84.2 Å². The van der Waals surface area contributed by atoms with Crippen LogP contribution in [-0.4, -0.2) is 19.7 Å². The Labute approximate surface area is 180 Å². The molecule has 0 radical (unpaired) electrons. The maximum Gasteiger partial charge on any atom is 0.0861 e. The standard InChI is InChI=1S/C28H31NO/c1-30-28(22-10-6-3-7-11-22)18-21-12-14-24-23(16-21)13-15-25-26(24)19-29-27(25)17-20-8-4-2-5-9-20/h2-12,14,16,25-29H,13,15,17-19H2,1H3. The van der Waals surface area contributed by atoms with Crippen LogP contribution in [0, 0.1) is 5.92 Å². The van der Waals surface area contributed by atoms with E-state index >= 15 is 0 Å². The lowest BCUT2D eigenvalue weighted by Gasteiger charge is -2.31. The van der Waals surface area contributed by atoms with Crippen LogP contribution in [0.25, 0.3) is 0 Å². The van der Waals surface area contributed by atoms with Crippen molar-refractivity contribution >= 4 is 0 Å². The quantitative estimate of drug-likeness (QED) is 0.595. The van der Waals surface area contributed by atoms with Crippen LogP contribution in [0.2, 0.25) is 0 Å². The number of hydrogen-bond acceptors (Lipinski definition) is 2. The first-order valence-electron chi connectivity index (χ1n) is 11.3. The fourth-order valence-corrected chi connectivity index (χ4v) is 5.60. The van der Waals surface area contributed by atoms with Crippen LogP contribution in [0.3, 0.4) is 0 Å². The molecule has 1 N–H and O–H groups in total. The molecular formula is C28H31NO. The number of hydrogen-bond donors (Lipinski definition) is 1. The maximum atomic E-state index is 5.81. The van der Waals surface area contributed by atoms with E-state index in [-0.39, 0.29) is 6.10 Å². The predicted molar refractivity (Wildman–Crippen MR) is 123 cm³/mol. The minimum atomic E-state index is 0.115. The molecule has 5 rings (SSSR count). The Morgan fingerprint density at radius 3 is 2.47 bits per heavy atom. The molecule has 3 aromatic rings. The van der Waals surface area contributed by atoms with Crippen molar-refractivity contribution in [2.45, 2.75) is 43.7 Å². The molecule has 1 fully saturated rings. The third-order valence-corrected chi connectivity index (χ3v) is 7.16. The molecule has 1 aliphatic carbocycles. The van der Waals surface area contributed by atoms with Gasteiger partial charge in [-0.15, -0.1) is 0 Å². The van der Waals surface area contributed by atoms with E-state index < -0.39 is 0 Å². The van der Waals surface area contributed by atoms with Crippen molar-refractivity contribution in [3.63, 3.8) is 0 Å². The summed E-state index contributed by atoms with van der Waals surface area (Å²) in [6, 6.07) is 29.3. The summed E-state index contributed by atoms with van der Waals surface area (Å²) in [7, 11) is 1.82. The summed E-state index contributed by atoms with van der Waals surface area (Å²) in [4.78, 5) is 0. The smallest absolute Gasteiger partial charge is 0.0861 e. The minimum Gasteiger partial charge on any atom is -0.376 e. The van der Waals surface area contributed by atoms with Gasteiger partial charge in [-0.3, -0.25) is 0 Å². The van der Waals surface area contributed by atoms with Gasteiger partial charge in [-0.25, -0.2) is 0 Å². The Morgan fingerprint density at radius 1 is 0.933 bits per heavy atom. The van der Waals surface area contributed by atoms with Crippen molar-refractivity contribution in [2.75, 3.05) is 13.7 Å². The van der Waals surface area contributed by atoms with Crippen LogP contribution in [0.1, 0.15) is 46.3 Å². The highest BCUT2D eigenvalue weighted by Crippen LogP contribution is 2.42. The molecule has 0 amide bonds. The van der Waals surface area contributed by atoms with Crippen molar-refractivity contribution in [3.8, 4) is 0 Å². The molecule has 2 nitrogen and oxygen atoms in total. The molecule has 154 valence electrons. The van der Waals surface area contributed by atoms with Crippen LogP contribution in [0.15, 0.2) is 78.9 Å². The number of ether oxygens (including phenoxy) is 1. The normalized spacial score (nSPS) is 23.6. The summed E-state index contributed by atoms with van der Waals surface area (Å²) in [6.45, 7) is 1.11. The number of fused-ring (bicyclic) bond motifs is 3. The van der Waals surface area contributed by atoms with Gasteiger partial charge in [0, 0.05) is 32.0 Å². The van der Waals surface area contributed by atoms with Gasteiger partial charge in [0.1, 0.15) is 0 Å². The second kappa shape index (κ2) is 8.75. The highest BCUT2D eigenvalue weighted by molar-refractivity contribution is 5.39. The summed E-state index contributed by atoms with van der Waals surface area (Å²) in [5.74, 6) is 1.41. The fourth-order valence-electron chi connectivity index (χ4n) is 5.60. The van der Waals surface area contributed by atoms with E-state index in [4.69, 9.17) is 4.74 Å². The second-order valence-electron chi connectivity index (χ2n) is 8.89. The van der Waals surface area contributed by atoms with Gasteiger partial charge in [0.15, 0.2) is 0 Å². The fraction of sp³-hybridized carbons (Fsp3) is 0.357. The van der Waals surface area contributed by atoms with Crippen molar-refractivity contribution in [1.29, 1.82) is 0 Å². The molecule has 2 heteroatoms. The van der Waals surface area contributed by atoms with E-state index in [1.165, 1.54) is 29.5 Å². The summed E-state index contributed by atoms with van der Waals surface area (Å²) in [5, 5.41) is 3.85. The zero-order valence-electron chi connectivity index (χ0n) is 17.8. The number of methoxy groups -OCH3 is 1. The molecule has 0 saturated carbocycles. The highest BCUT2D eigenvalue weighted by Gasteiger charge is 2.39. The number of benzene rings is 3. The first-order valence-corrected chi connectivity index (χ1v) is 11.3. The van der Waals surface area contributed by atoms with Crippen LogP contribution in [0.4, 0.5) is 0 Å². The first kappa shape index (κ1) is 19.5. The van der Waals surface area contributed by atoms with Crippen molar-refractivity contribution in [1.82, 2.24) is 5.32 Å². The zero-order chi connectivity index (χ0) is 20.3. The lowest BCUT2D eigenvalue weighted by Crippen LogP contribution is -2.31. The average molecular weight is 398 g/mol. The predicted octanol–water partition coefficient (Wildman–Crippen LogP) is 5.48. The van der Waals surface area contributed by atoms with Gasteiger partial charge >= 0.3 is 0 Å². The summed E-state index contributed by atoms with van der Waals surface area (Å²) in [6.07, 6.45) is 4.67. The lowest BCUT2D eigenvalue weighted by molar-refractivity contribution is 0.104. The third-order valence-electron chi connectivity index (χ3n) is 7.16. The summed E-state index contributed by atoms with van der Waals surface area (Å²) in [5.41, 5.74) is 7.21.